The fraction of sp³-hybridized carbons (Fsp3) is 0.600. The summed E-state index contributed by atoms with van der Waals surface area (Å²) >= 11 is 17.1. The summed E-state index contributed by atoms with van der Waals surface area (Å²) in [7, 11) is 0. The third-order valence-corrected chi connectivity index (χ3v) is 2.66. The first kappa shape index (κ1) is 12.2. The van der Waals surface area contributed by atoms with Crippen molar-refractivity contribution in [2.45, 2.75) is 16.1 Å². The van der Waals surface area contributed by atoms with Gasteiger partial charge in [-0.1, -0.05) is 34.8 Å². The molecule has 1 unspecified atom stereocenters. The Hall–Kier alpha value is 0.180. The summed E-state index contributed by atoms with van der Waals surface area (Å²) in [4.78, 5) is 10.6. The molecule has 0 aliphatic carbocycles. The quantitative estimate of drug-likeness (QED) is 0.461. The van der Waals surface area contributed by atoms with E-state index >= 15 is 0 Å². The zero-order valence-electron chi connectivity index (χ0n) is 5.97. The monoisotopic (exact) mass is 246 g/mol. The lowest BCUT2D eigenvalue weighted by molar-refractivity contribution is -0.119. The highest BCUT2D eigenvalue weighted by molar-refractivity contribution is 8.04. The van der Waals surface area contributed by atoms with E-state index in [1.54, 1.807) is 5.40 Å². The minimum atomic E-state index is -1.67. The zero-order chi connectivity index (χ0) is 9.78. The molecule has 0 bridgehead atoms. The van der Waals surface area contributed by atoms with Gasteiger partial charge in [-0.05, 0) is 11.8 Å². The van der Waals surface area contributed by atoms with Gasteiger partial charge in [0.2, 0.25) is 9.70 Å². The fourth-order valence-electron chi connectivity index (χ4n) is 0.415. The van der Waals surface area contributed by atoms with Crippen LogP contribution in [0.1, 0.15) is 6.92 Å². The molecule has 0 fully saturated rings. The second kappa shape index (κ2) is 5.03. The minimum absolute atomic E-state index is 0.353. The summed E-state index contributed by atoms with van der Waals surface area (Å²) in [5, 5.41) is 11.5. The van der Waals surface area contributed by atoms with Crippen LogP contribution in [0.2, 0.25) is 0 Å². The number of nitriles is 1. The highest BCUT2D eigenvalue weighted by atomic mass is 35.6. The number of thioether (sulfide) groups is 1. The van der Waals surface area contributed by atoms with Crippen molar-refractivity contribution in [1.82, 2.24) is 5.32 Å². The Balaban J connectivity index is 4.25. The molecule has 0 heterocycles. The third-order valence-electron chi connectivity index (χ3n) is 0.802. The summed E-state index contributed by atoms with van der Waals surface area (Å²) in [6.07, 6.45) is 0. The Bertz CT molecular complexity index is 210. The van der Waals surface area contributed by atoms with Crippen molar-refractivity contribution in [2.24, 2.45) is 0 Å². The maximum absolute atomic E-state index is 10.6. The maximum Gasteiger partial charge on any atom is 0.220 e. The van der Waals surface area contributed by atoms with Crippen LogP contribution in [0.25, 0.3) is 0 Å². The molecule has 7 heteroatoms. The van der Waals surface area contributed by atoms with Gasteiger partial charge in [0.25, 0.3) is 0 Å². The first-order valence-electron chi connectivity index (χ1n) is 2.76. The molecule has 68 valence electrons. The molecule has 0 aromatic rings. The zero-order valence-corrected chi connectivity index (χ0v) is 9.06. The molecule has 0 spiro atoms. The van der Waals surface area contributed by atoms with Crippen molar-refractivity contribution in [2.75, 3.05) is 0 Å². The van der Waals surface area contributed by atoms with Gasteiger partial charge in [0, 0.05) is 6.92 Å². The lowest BCUT2D eigenvalue weighted by Gasteiger charge is -2.20. The van der Waals surface area contributed by atoms with Crippen molar-refractivity contribution in [1.29, 1.82) is 5.26 Å². The molecule has 0 aromatic heterocycles. The molecule has 0 rings (SSSR count). The summed E-state index contributed by atoms with van der Waals surface area (Å²) in [6, 6.07) is 0. The van der Waals surface area contributed by atoms with E-state index in [9.17, 15) is 4.79 Å². The van der Waals surface area contributed by atoms with Gasteiger partial charge < -0.3 is 5.32 Å². The number of carbonyl (C=O) groups is 1. The highest BCUT2D eigenvalue weighted by Crippen LogP contribution is 2.35. The third kappa shape index (κ3) is 4.94. The molecule has 0 saturated carbocycles. The molecule has 1 N–H and O–H groups in total. The number of halogens is 3. The summed E-state index contributed by atoms with van der Waals surface area (Å²) in [6.45, 7) is 1.28. The Kier molecular flexibility index (Phi) is 5.10. The van der Waals surface area contributed by atoms with Crippen LogP contribution in [0.4, 0.5) is 0 Å². The van der Waals surface area contributed by atoms with Crippen LogP contribution in [0, 0.1) is 10.7 Å². The number of nitrogens with zero attached hydrogens (tertiary/aromatic N) is 1. The number of alkyl halides is 3. The molecular weight excluding hydrogens is 242 g/mol. The van der Waals surface area contributed by atoms with Gasteiger partial charge in [0.15, 0.2) is 0 Å². The molecule has 0 aliphatic heterocycles. The Morgan fingerprint density at radius 3 is 2.42 bits per heavy atom. The molecule has 1 amide bonds. The number of amides is 1. The van der Waals surface area contributed by atoms with Crippen molar-refractivity contribution >= 4 is 52.5 Å². The Labute approximate surface area is 89.3 Å². The van der Waals surface area contributed by atoms with Crippen molar-refractivity contribution < 1.29 is 4.79 Å². The van der Waals surface area contributed by atoms with Gasteiger partial charge in [-0.25, -0.2) is 0 Å². The number of hydrogen-bond acceptors (Lipinski definition) is 3. The van der Waals surface area contributed by atoms with Gasteiger partial charge >= 0.3 is 0 Å². The molecule has 12 heavy (non-hydrogen) atoms. The van der Waals surface area contributed by atoms with E-state index < -0.39 is 9.17 Å². The van der Waals surface area contributed by atoms with Crippen LogP contribution in [0.3, 0.4) is 0 Å². The van der Waals surface area contributed by atoms with E-state index in [2.05, 4.69) is 5.32 Å². The van der Waals surface area contributed by atoms with E-state index in [0.29, 0.717) is 11.8 Å². The van der Waals surface area contributed by atoms with Gasteiger partial charge in [-0.2, -0.15) is 5.26 Å². The standard InChI is InChI=1S/C5H5Cl3N2OS/c1-3(11)10-4(12-2-9)5(6,7)8/h4H,1H3,(H,10,11). The average Bonchev–Trinajstić information content (AvgIpc) is 1.83. The SMILES string of the molecule is CC(=O)NC(SC#N)C(Cl)(Cl)Cl. The first-order chi connectivity index (χ1) is 5.38. The van der Waals surface area contributed by atoms with E-state index in [1.807, 2.05) is 0 Å². The molecule has 0 aromatic carbocycles. The van der Waals surface area contributed by atoms with Crippen LogP contribution in [0.5, 0.6) is 0 Å². The lowest BCUT2D eigenvalue weighted by atomic mass is 10.6. The van der Waals surface area contributed by atoms with Gasteiger partial charge in [0.1, 0.15) is 10.8 Å². The predicted molar refractivity (Wildman–Crippen MR) is 51.1 cm³/mol. The smallest absolute Gasteiger partial charge is 0.220 e. The number of rotatable bonds is 2. The van der Waals surface area contributed by atoms with Crippen LogP contribution in [0.15, 0.2) is 0 Å². The second-order valence-electron chi connectivity index (χ2n) is 1.83. The van der Waals surface area contributed by atoms with E-state index in [4.69, 9.17) is 40.1 Å². The van der Waals surface area contributed by atoms with E-state index in [0.717, 1.165) is 0 Å². The van der Waals surface area contributed by atoms with Crippen LogP contribution < -0.4 is 5.32 Å². The number of nitrogens with one attached hydrogen (secondary N) is 1. The minimum Gasteiger partial charge on any atom is -0.340 e. The van der Waals surface area contributed by atoms with Crippen LogP contribution in [-0.4, -0.2) is 15.1 Å². The van der Waals surface area contributed by atoms with Gasteiger partial charge in [-0.3, -0.25) is 4.79 Å². The van der Waals surface area contributed by atoms with Crippen molar-refractivity contribution in [3.8, 4) is 5.40 Å². The number of hydrogen-bond donors (Lipinski definition) is 1. The summed E-state index contributed by atoms with van der Waals surface area (Å²) in [5.74, 6) is -0.353. The fourth-order valence-corrected chi connectivity index (χ4v) is 1.44. The maximum atomic E-state index is 10.6. The highest BCUT2D eigenvalue weighted by Gasteiger charge is 2.33. The largest absolute Gasteiger partial charge is 0.340 e. The molecule has 0 saturated heterocycles. The van der Waals surface area contributed by atoms with Gasteiger partial charge in [0.05, 0.1) is 0 Å². The van der Waals surface area contributed by atoms with Gasteiger partial charge in [-0.15, -0.1) is 0 Å². The summed E-state index contributed by atoms with van der Waals surface area (Å²) < 4.78 is -1.67. The second-order valence-corrected chi connectivity index (χ2v) is 5.09. The molecular formula is C5H5Cl3N2OS. The van der Waals surface area contributed by atoms with Crippen LogP contribution >= 0.6 is 46.6 Å². The Morgan fingerprint density at radius 2 is 2.17 bits per heavy atom. The molecule has 1 atom stereocenters. The predicted octanol–water partition coefficient (Wildman–Crippen LogP) is 2.03. The summed E-state index contributed by atoms with van der Waals surface area (Å²) in [5.41, 5.74) is 0. The topological polar surface area (TPSA) is 52.9 Å². The van der Waals surface area contributed by atoms with E-state index in [-0.39, 0.29) is 5.91 Å². The van der Waals surface area contributed by atoms with E-state index in [1.165, 1.54) is 6.92 Å². The normalized spacial score (nSPS) is 13.2. The number of thiocyanates is 1. The Morgan fingerprint density at radius 1 is 1.67 bits per heavy atom. The van der Waals surface area contributed by atoms with Crippen LogP contribution in [-0.2, 0) is 4.79 Å². The average molecular weight is 248 g/mol. The van der Waals surface area contributed by atoms with Crippen molar-refractivity contribution in [3.63, 3.8) is 0 Å². The molecule has 0 radical (unpaired) electrons. The lowest BCUT2D eigenvalue weighted by Crippen LogP contribution is -2.39. The molecule has 3 nitrogen and oxygen atoms in total. The molecule has 0 aliphatic rings. The van der Waals surface area contributed by atoms with Crippen molar-refractivity contribution in [3.05, 3.63) is 0 Å². The first-order valence-corrected chi connectivity index (χ1v) is 4.78. The number of carbonyl (C=O) groups excluding carboxylic acids is 1.